The van der Waals surface area contributed by atoms with E-state index >= 15 is 0 Å². The SMILES string of the molecule is CCOC(=O)CCCNc1nc(F)c(F)cc1F. The van der Waals surface area contributed by atoms with Crippen molar-refractivity contribution in [2.24, 2.45) is 0 Å². The maximum Gasteiger partial charge on any atom is 0.305 e. The number of hydrogen-bond acceptors (Lipinski definition) is 4. The molecule has 0 saturated carbocycles. The van der Waals surface area contributed by atoms with Gasteiger partial charge in [-0.15, -0.1) is 0 Å². The quantitative estimate of drug-likeness (QED) is 0.485. The summed E-state index contributed by atoms with van der Waals surface area (Å²) in [6, 6.07) is 0.413. The average Bonchev–Trinajstić information content (AvgIpc) is 2.31. The van der Waals surface area contributed by atoms with Gasteiger partial charge in [0.05, 0.1) is 6.61 Å². The molecule has 100 valence electrons. The normalized spacial score (nSPS) is 10.2. The Morgan fingerprint density at radius 3 is 2.78 bits per heavy atom. The van der Waals surface area contributed by atoms with Crippen LogP contribution in [-0.2, 0) is 9.53 Å². The van der Waals surface area contributed by atoms with Crippen molar-refractivity contribution >= 4 is 11.8 Å². The Kier molecular flexibility index (Phi) is 5.41. The maximum atomic E-state index is 13.1. The molecule has 0 spiro atoms. The van der Waals surface area contributed by atoms with E-state index in [0.29, 0.717) is 19.1 Å². The Bertz CT molecular complexity index is 427. The van der Waals surface area contributed by atoms with Gasteiger partial charge in [-0.25, -0.2) is 8.78 Å². The lowest BCUT2D eigenvalue weighted by Gasteiger charge is -2.06. The van der Waals surface area contributed by atoms with Gasteiger partial charge >= 0.3 is 5.97 Å². The fourth-order valence-electron chi connectivity index (χ4n) is 1.24. The third-order valence-corrected chi connectivity index (χ3v) is 2.04. The van der Waals surface area contributed by atoms with Crippen LogP contribution in [0.2, 0.25) is 0 Å². The van der Waals surface area contributed by atoms with Gasteiger partial charge in [-0.2, -0.15) is 9.37 Å². The highest BCUT2D eigenvalue weighted by molar-refractivity contribution is 5.69. The Hall–Kier alpha value is -1.79. The molecular weight excluding hydrogens is 249 g/mol. The summed E-state index contributed by atoms with van der Waals surface area (Å²) in [4.78, 5) is 14.1. The summed E-state index contributed by atoms with van der Waals surface area (Å²) in [5.41, 5.74) is 0. The van der Waals surface area contributed by atoms with E-state index < -0.39 is 17.6 Å². The first-order chi connectivity index (χ1) is 8.54. The van der Waals surface area contributed by atoms with E-state index in [4.69, 9.17) is 0 Å². The molecule has 0 radical (unpaired) electrons. The molecule has 1 aromatic heterocycles. The number of esters is 1. The highest BCUT2D eigenvalue weighted by atomic mass is 19.2. The van der Waals surface area contributed by atoms with E-state index in [1.807, 2.05) is 0 Å². The second-order valence-electron chi connectivity index (χ2n) is 3.43. The maximum absolute atomic E-state index is 13.1. The highest BCUT2D eigenvalue weighted by Gasteiger charge is 2.11. The number of carbonyl (C=O) groups excluding carboxylic acids is 1. The van der Waals surface area contributed by atoms with Crippen LogP contribution in [0.5, 0.6) is 0 Å². The largest absolute Gasteiger partial charge is 0.466 e. The fourth-order valence-corrected chi connectivity index (χ4v) is 1.24. The number of pyridine rings is 1. The lowest BCUT2D eigenvalue weighted by atomic mass is 10.3. The molecule has 7 heteroatoms. The van der Waals surface area contributed by atoms with Crippen molar-refractivity contribution < 1.29 is 22.7 Å². The van der Waals surface area contributed by atoms with Crippen LogP contribution >= 0.6 is 0 Å². The first-order valence-electron chi connectivity index (χ1n) is 5.45. The topological polar surface area (TPSA) is 51.2 Å². The summed E-state index contributed by atoms with van der Waals surface area (Å²) in [7, 11) is 0. The lowest BCUT2D eigenvalue weighted by Crippen LogP contribution is -2.10. The molecular formula is C11H13F3N2O2. The Morgan fingerprint density at radius 2 is 2.11 bits per heavy atom. The summed E-state index contributed by atoms with van der Waals surface area (Å²) in [5, 5.41) is 2.48. The molecule has 0 aliphatic heterocycles. The molecule has 18 heavy (non-hydrogen) atoms. The number of ether oxygens (including phenoxy) is 1. The molecule has 0 aromatic carbocycles. The van der Waals surface area contributed by atoms with Crippen molar-refractivity contribution in [3.05, 3.63) is 23.6 Å². The predicted molar refractivity (Wildman–Crippen MR) is 58.5 cm³/mol. The second kappa shape index (κ2) is 6.83. The third kappa shape index (κ3) is 4.23. The second-order valence-corrected chi connectivity index (χ2v) is 3.43. The summed E-state index contributed by atoms with van der Waals surface area (Å²) in [6.45, 7) is 2.19. The number of anilines is 1. The molecule has 0 unspecified atom stereocenters. The first kappa shape index (κ1) is 14.3. The monoisotopic (exact) mass is 262 g/mol. The van der Waals surface area contributed by atoms with Crippen molar-refractivity contribution in [1.29, 1.82) is 0 Å². The minimum atomic E-state index is -1.37. The standard InChI is InChI=1S/C11H13F3N2O2/c1-2-18-9(17)4-3-5-15-11-8(13)6-7(12)10(14)16-11/h6H,2-5H2,1H3,(H,15,16). The van der Waals surface area contributed by atoms with E-state index in [9.17, 15) is 18.0 Å². The van der Waals surface area contributed by atoms with Gasteiger partial charge in [0, 0.05) is 19.0 Å². The molecule has 0 bridgehead atoms. The van der Waals surface area contributed by atoms with E-state index in [-0.39, 0.29) is 24.8 Å². The minimum absolute atomic E-state index is 0.159. The van der Waals surface area contributed by atoms with E-state index in [0.717, 1.165) is 0 Å². The molecule has 0 aliphatic rings. The molecule has 1 aromatic rings. The van der Waals surface area contributed by atoms with Crippen LogP contribution in [0, 0.1) is 17.6 Å². The number of carbonyl (C=O) groups is 1. The van der Waals surface area contributed by atoms with Crippen LogP contribution in [0.3, 0.4) is 0 Å². The molecule has 0 saturated heterocycles. The lowest BCUT2D eigenvalue weighted by molar-refractivity contribution is -0.143. The summed E-state index contributed by atoms with van der Waals surface area (Å²) < 4.78 is 43.1. The predicted octanol–water partition coefficient (Wildman–Crippen LogP) is 2.25. The van der Waals surface area contributed by atoms with Crippen LogP contribution in [0.4, 0.5) is 19.0 Å². The van der Waals surface area contributed by atoms with Crippen molar-refractivity contribution in [2.75, 3.05) is 18.5 Å². The van der Waals surface area contributed by atoms with Gasteiger partial charge in [-0.3, -0.25) is 4.79 Å². The number of rotatable bonds is 6. The number of nitrogens with zero attached hydrogens (tertiary/aromatic N) is 1. The molecule has 0 fully saturated rings. The zero-order chi connectivity index (χ0) is 13.5. The van der Waals surface area contributed by atoms with Crippen LogP contribution < -0.4 is 5.32 Å². The van der Waals surface area contributed by atoms with Crippen molar-refractivity contribution in [3.8, 4) is 0 Å². The number of halogens is 3. The van der Waals surface area contributed by atoms with Gasteiger partial charge < -0.3 is 10.1 Å². The molecule has 1 heterocycles. The van der Waals surface area contributed by atoms with Crippen molar-refractivity contribution in [2.45, 2.75) is 19.8 Å². The van der Waals surface area contributed by atoms with Gasteiger partial charge in [-0.05, 0) is 13.3 Å². The molecule has 1 N–H and O–H groups in total. The van der Waals surface area contributed by atoms with Crippen molar-refractivity contribution in [3.63, 3.8) is 0 Å². The van der Waals surface area contributed by atoms with Gasteiger partial charge in [-0.1, -0.05) is 0 Å². The number of hydrogen-bond donors (Lipinski definition) is 1. The minimum Gasteiger partial charge on any atom is -0.466 e. The third-order valence-electron chi connectivity index (χ3n) is 2.04. The summed E-state index contributed by atoms with van der Waals surface area (Å²) >= 11 is 0. The van der Waals surface area contributed by atoms with E-state index in [1.165, 1.54) is 0 Å². The Balaban J connectivity index is 2.40. The number of nitrogens with one attached hydrogen (secondary N) is 1. The van der Waals surface area contributed by atoms with Gasteiger partial charge in [0.2, 0.25) is 0 Å². The average molecular weight is 262 g/mol. The zero-order valence-corrected chi connectivity index (χ0v) is 9.80. The molecule has 0 aliphatic carbocycles. The fraction of sp³-hybridized carbons (Fsp3) is 0.455. The summed E-state index contributed by atoms with van der Waals surface area (Å²) in [6.07, 6.45) is 0.533. The van der Waals surface area contributed by atoms with Crippen LogP contribution in [-0.4, -0.2) is 24.1 Å². The van der Waals surface area contributed by atoms with Crippen molar-refractivity contribution in [1.82, 2.24) is 4.98 Å². The molecule has 0 amide bonds. The Labute approximate surface area is 102 Å². The summed E-state index contributed by atoms with van der Waals surface area (Å²) in [5.74, 6) is -4.44. The highest BCUT2D eigenvalue weighted by Crippen LogP contribution is 2.14. The smallest absolute Gasteiger partial charge is 0.305 e. The van der Waals surface area contributed by atoms with E-state index in [1.54, 1.807) is 6.92 Å². The Morgan fingerprint density at radius 1 is 1.39 bits per heavy atom. The zero-order valence-electron chi connectivity index (χ0n) is 9.80. The molecule has 4 nitrogen and oxygen atoms in total. The van der Waals surface area contributed by atoms with Gasteiger partial charge in [0.1, 0.15) is 0 Å². The molecule has 0 atom stereocenters. The van der Waals surface area contributed by atoms with Gasteiger partial charge in [0.15, 0.2) is 17.5 Å². The van der Waals surface area contributed by atoms with Gasteiger partial charge in [0.25, 0.3) is 5.95 Å². The number of aromatic nitrogens is 1. The first-order valence-corrected chi connectivity index (χ1v) is 5.45. The van der Waals surface area contributed by atoms with Crippen LogP contribution in [0.15, 0.2) is 6.07 Å². The van der Waals surface area contributed by atoms with E-state index in [2.05, 4.69) is 15.0 Å². The van der Waals surface area contributed by atoms with Crippen LogP contribution in [0.25, 0.3) is 0 Å². The van der Waals surface area contributed by atoms with Crippen LogP contribution in [0.1, 0.15) is 19.8 Å². The molecule has 1 rings (SSSR count).